The standard InChI is InChI=1S/C26H28ClFN4O5/c1-15-14-31-25(37-15)24(34)32-20(11-18(26(35)36)8-9-30-23(33)13-29)10-16-2-4-17(5-3-16)21-12-19(27)6-7-22(21)28/h2-7,12,14,18,20H,8-11,13,29H2,1H3,(H,30,33)(H,32,34)(H,35,36)/t18-,20-/m1/s1. The van der Waals surface area contributed by atoms with Gasteiger partial charge in [0.1, 0.15) is 11.6 Å². The number of aliphatic carboxylic acids is 1. The van der Waals surface area contributed by atoms with Gasteiger partial charge in [0.15, 0.2) is 0 Å². The highest BCUT2D eigenvalue weighted by Crippen LogP contribution is 2.27. The first-order chi connectivity index (χ1) is 17.7. The molecule has 0 saturated heterocycles. The van der Waals surface area contributed by atoms with Gasteiger partial charge < -0.3 is 25.9 Å². The lowest BCUT2D eigenvalue weighted by molar-refractivity contribution is -0.142. The number of oxazole rings is 1. The summed E-state index contributed by atoms with van der Waals surface area (Å²) in [6, 6.07) is 10.7. The molecule has 0 aliphatic carbocycles. The second-order valence-electron chi connectivity index (χ2n) is 8.59. The molecule has 2 aromatic carbocycles. The van der Waals surface area contributed by atoms with Crippen LogP contribution >= 0.6 is 11.6 Å². The Morgan fingerprint density at radius 1 is 1.19 bits per heavy atom. The largest absolute Gasteiger partial charge is 0.481 e. The van der Waals surface area contributed by atoms with Crippen molar-refractivity contribution in [1.82, 2.24) is 15.6 Å². The van der Waals surface area contributed by atoms with Crippen molar-refractivity contribution in [2.24, 2.45) is 11.7 Å². The maximum absolute atomic E-state index is 14.3. The number of hydrogen-bond acceptors (Lipinski definition) is 6. The van der Waals surface area contributed by atoms with E-state index >= 15 is 0 Å². The fourth-order valence-electron chi connectivity index (χ4n) is 3.87. The molecule has 0 saturated carbocycles. The number of amides is 2. The fraction of sp³-hybridized carbons (Fsp3) is 0.308. The van der Waals surface area contributed by atoms with Gasteiger partial charge >= 0.3 is 11.9 Å². The summed E-state index contributed by atoms with van der Waals surface area (Å²) in [5.74, 6) is -2.94. The third kappa shape index (κ3) is 8.12. The van der Waals surface area contributed by atoms with Gasteiger partial charge in [0.2, 0.25) is 5.91 Å². The highest BCUT2D eigenvalue weighted by molar-refractivity contribution is 6.30. The van der Waals surface area contributed by atoms with E-state index in [1.807, 2.05) is 0 Å². The molecule has 0 spiro atoms. The number of aromatic nitrogens is 1. The number of halogens is 2. The van der Waals surface area contributed by atoms with E-state index in [1.165, 1.54) is 24.4 Å². The minimum atomic E-state index is -1.06. The maximum Gasteiger partial charge on any atom is 0.307 e. The predicted molar refractivity (Wildman–Crippen MR) is 135 cm³/mol. The summed E-state index contributed by atoms with van der Waals surface area (Å²) in [4.78, 5) is 40.0. The Morgan fingerprint density at radius 3 is 2.54 bits per heavy atom. The fourth-order valence-corrected chi connectivity index (χ4v) is 4.04. The van der Waals surface area contributed by atoms with Gasteiger partial charge in [-0.25, -0.2) is 9.37 Å². The zero-order chi connectivity index (χ0) is 26.9. The van der Waals surface area contributed by atoms with Gasteiger partial charge in [-0.05, 0) is 55.5 Å². The Kier molecular flexibility index (Phi) is 9.76. The molecule has 0 unspecified atom stereocenters. The lowest BCUT2D eigenvalue weighted by Crippen LogP contribution is -2.40. The van der Waals surface area contributed by atoms with E-state index in [9.17, 15) is 23.9 Å². The summed E-state index contributed by atoms with van der Waals surface area (Å²) < 4.78 is 19.5. The van der Waals surface area contributed by atoms with Gasteiger partial charge in [0.05, 0.1) is 18.7 Å². The minimum Gasteiger partial charge on any atom is -0.481 e. The second-order valence-corrected chi connectivity index (χ2v) is 9.02. The van der Waals surface area contributed by atoms with Gasteiger partial charge in [0, 0.05) is 23.2 Å². The van der Waals surface area contributed by atoms with Crippen molar-refractivity contribution in [3.8, 4) is 11.1 Å². The Bertz CT molecular complexity index is 1250. The molecule has 3 rings (SSSR count). The number of carboxylic acids is 1. The topological polar surface area (TPSA) is 148 Å². The van der Waals surface area contributed by atoms with Crippen LogP contribution < -0.4 is 16.4 Å². The number of nitrogens with one attached hydrogen (secondary N) is 2. The lowest BCUT2D eigenvalue weighted by Gasteiger charge is -2.22. The van der Waals surface area contributed by atoms with E-state index in [0.29, 0.717) is 28.3 Å². The summed E-state index contributed by atoms with van der Waals surface area (Å²) >= 11 is 6.01. The number of benzene rings is 2. The van der Waals surface area contributed by atoms with Gasteiger partial charge in [-0.1, -0.05) is 35.9 Å². The smallest absolute Gasteiger partial charge is 0.307 e. The van der Waals surface area contributed by atoms with Crippen molar-refractivity contribution >= 4 is 29.4 Å². The highest BCUT2D eigenvalue weighted by atomic mass is 35.5. The number of nitrogens with two attached hydrogens (primary N) is 1. The zero-order valence-electron chi connectivity index (χ0n) is 20.2. The number of nitrogens with zero attached hydrogens (tertiary/aromatic N) is 1. The zero-order valence-corrected chi connectivity index (χ0v) is 20.9. The average molecular weight is 531 g/mol. The van der Waals surface area contributed by atoms with Crippen molar-refractivity contribution in [2.45, 2.75) is 32.2 Å². The third-order valence-electron chi connectivity index (χ3n) is 5.74. The average Bonchev–Trinajstić information content (AvgIpc) is 3.31. The SMILES string of the molecule is Cc1cnc(C(=O)N[C@H](Cc2ccc(-c3cc(Cl)ccc3F)cc2)C[C@@H](CCNC(=O)CN)C(=O)O)o1. The van der Waals surface area contributed by atoms with Crippen LogP contribution in [-0.4, -0.2) is 47.0 Å². The van der Waals surface area contributed by atoms with Gasteiger partial charge in [-0.15, -0.1) is 0 Å². The first-order valence-corrected chi connectivity index (χ1v) is 12.0. The van der Waals surface area contributed by atoms with E-state index < -0.39 is 29.7 Å². The van der Waals surface area contributed by atoms with Gasteiger partial charge in [-0.3, -0.25) is 14.4 Å². The van der Waals surface area contributed by atoms with Crippen LogP contribution in [0.3, 0.4) is 0 Å². The van der Waals surface area contributed by atoms with Crippen molar-refractivity contribution in [1.29, 1.82) is 0 Å². The molecule has 2 amide bonds. The van der Waals surface area contributed by atoms with Crippen LogP contribution in [-0.2, 0) is 16.0 Å². The van der Waals surface area contributed by atoms with Crippen LogP contribution in [0.2, 0.25) is 5.02 Å². The third-order valence-corrected chi connectivity index (χ3v) is 5.98. The monoisotopic (exact) mass is 530 g/mol. The Morgan fingerprint density at radius 2 is 1.92 bits per heavy atom. The molecule has 9 nitrogen and oxygen atoms in total. The van der Waals surface area contributed by atoms with E-state index in [4.69, 9.17) is 21.8 Å². The number of carbonyl (C=O) groups excluding carboxylic acids is 2. The number of hydrogen-bond donors (Lipinski definition) is 4. The second kappa shape index (κ2) is 13.0. The van der Waals surface area contributed by atoms with E-state index in [1.54, 1.807) is 31.2 Å². The molecule has 2 atom stereocenters. The molecule has 0 radical (unpaired) electrons. The number of aryl methyl sites for hydroxylation is 1. The lowest BCUT2D eigenvalue weighted by atomic mass is 9.92. The van der Waals surface area contributed by atoms with Crippen LogP contribution in [0.4, 0.5) is 4.39 Å². The Labute approximate surface area is 218 Å². The van der Waals surface area contributed by atoms with Crippen molar-refractivity contribution in [2.75, 3.05) is 13.1 Å². The summed E-state index contributed by atoms with van der Waals surface area (Å²) in [5, 5.41) is 15.5. The Balaban J connectivity index is 1.77. The van der Waals surface area contributed by atoms with Crippen LogP contribution in [0.15, 0.2) is 53.1 Å². The molecule has 196 valence electrons. The summed E-state index contributed by atoms with van der Waals surface area (Å²) in [5.41, 5.74) is 7.04. The van der Waals surface area contributed by atoms with Crippen LogP contribution in [0.25, 0.3) is 11.1 Å². The molecule has 3 aromatic rings. The molecular weight excluding hydrogens is 503 g/mol. The molecule has 1 aromatic heterocycles. The van der Waals surface area contributed by atoms with Crippen molar-refractivity contribution in [3.63, 3.8) is 0 Å². The number of rotatable bonds is 12. The maximum atomic E-state index is 14.3. The molecular formula is C26H28ClFN4O5. The first kappa shape index (κ1) is 27.8. The Hall–Kier alpha value is -3.76. The van der Waals surface area contributed by atoms with Crippen molar-refractivity contribution < 1.29 is 28.3 Å². The summed E-state index contributed by atoms with van der Waals surface area (Å²) in [6.07, 6.45) is 1.95. The molecule has 37 heavy (non-hydrogen) atoms. The van der Waals surface area contributed by atoms with Crippen LogP contribution in [0.1, 0.15) is 34.9 Å². The van der Waals surface area contributed by atoms with E-state index in [2.05, 4.69) is 15.6 Å². The predicted octanol–water partition coefficient (Wildman–Crippen LogP) is 3.34. The first-order valence-electron chi connectivity index (χ1n) is 11.6. The highest BCUT2D eigenvalue weighted by Gasteiger charge is 2.26. The molecule has 11 heteroatoms. The van der Waals surface area contributed by atoms with Gasteiger partial charge in [-0.2, -0.15) is 0 Å². The summed E-state index contributed by atoms with van der Waals surface area (Å²) in [6.45, 7) is 1.59. The molecule has 0 aliphatic rings. The normalized spacial score (nSPS) is 12.5. The van der Waals surface area contributed by atoms with Crippen LogP contribution in [0.5, 0.6) is 0 Å². The molecule has 1 heterocycles. The number of carboxylic acid groups (broad SMARTS) is 1. The van der Waals surface area contributed by atoms with E-state index in [-0.39, 0.29) is 37.7 Å². The summed E-state index contributed by atoms with van der Waals surface area (Å²) in [7, 11) is 0. The molecule has 0 aliphatic heterocycles. The number of carbonyl (C=O) groups is 3. The molecule has 0 bridgehead atoms. The van der Waals surface area contributed by atoms with Crippen molar-refractivity contribution in [3.05, 3.63) is 76.7 Å². The molecule has 5 N–H and O–H groups in total. The molecule has 0 fully saturated rings. The van der Waals surface area contributed by atoms with E-state index in [0.717, 1.165) is 5.56 Å². The van der Waals surface area contributed by atoms with Gasteiger partial charge in [0.25, 0.3) is 5.89 Å². The quantitative estimate of drug-likeness (QED) is 0.281. The van der Waals surface area contributed by atoms with Crippen LogP contribution in [0, 0.1) is 18.7 Å². The minimum absolute atomic E-state index is 0.0872.